The summed E-state index contributed by atoms with van der Waals surface area (Å²) in [5, 5.41) is 14.0. The molecule has 1 N–H and O–H groups in total. The van der Waals surface area contributed by atoms with Crippen molar-refractivity contribution in [2.45, 2.75) is 13.0 Å². The quantitative estimate of drug-likeness (QED) is 0.702. The first-order chi connectivity index (χ1) is 10.7. The summed E-state index contributed by atoms with van der Waals surface area (Å²) in [6, 6.07) is 19.2. The number of pyridine rings is 1. The molecule has 1 unspecified atom stereocenters. The fourth-order valence-corrected chi connectivity index (χ4v) is 2.56. The standard InChI is InChI=1S/C18H14ClN3/c1-12-6-8-14(9-7-12)21-17(11-20)15-10-13-4-2-3-5-16(13)22-18(15)19/h2-10,17,21H,1H3. The molecular weight excluding hydrogens is 294 g/mol. The number of fused-ring (bicyclic) bond motifs is 1. The highest BCUT2D eigenvalue weighted by Gasteiger charge is 2.16. The van der Waals surface area contributed by atoms with Crippen LogP contribution >= 0.6 is 11.6 Å². The van der Waals surface area contributed by atoms with Crippen molar-refractivity contribution in [2.75, 3.05) is 5.32 Å². The lowest BCUT2D eigenvalue weighted by atomic mass is 10.1. The van der Waals surface area contributed by atoms with Crippen LogP contribution in [0.3, 0.4) is 0 Å². The van der Waals surface area contributed by atoms with Crippen molar-refractivity contribution in [1.29, 1.82) is 5.26 Å². The van der Waals surface area contributed by atoms with Crippen LogP contribution in [0.25, 0.3) is 10.9 Å². The number of rotatable bonds is 3. The molecule has 0 saturated carbocycles. The number of benzene rings is 2. The molecule has 3 nitrogen and oxygen atoms in total. The van der Waals surface area contributed by atoms with Crippen LogP contribution in [0, 0.1) is 18.3 Å². The molecule has 1 atom stereocenters. The Bertz CT molecular complexity index is 850. The third kappa shape index (κ3) is 2.88. The Hall–Kier alpha value is -2.57. The van der Waals surface area contributed by atoms with Gasteiger partial charge in [0, 0.05) is 16.6 Å². The molecule has 0 aliphatic carbocycles. The maximum atomic E-state index is 9.49. The summed E-state index contributed by atoms with van der Waals surface area (Å²) in [7, 11) is 0. The molecule has 0 aliphatic heterocycles. The predicted octanol–water partition coefficient (Wildman–Crippen LogP) is 4.87. The van der Waals surface area contributed by atoms with Crippen molar-refractivity contribution < 1.29 is 0 Å². The van der Waals surface area contributed by atoms with Gasteiger partial charge in [0.15, 0.2) is 0 Å². The number of nitrogens with zero attached hydrogens (tertiary/aromatic N) is 2. The van der Waals surface area contributed by atoms with Gasteiger partial charge in [0.25, 0.3) is 0 Å². The van der Waals surface area contributed by atoms with Gasteiger partial charge in [-0.15, -0.1) is 0 Å². The summed E-state index contributed by atoms with van der Waals surface area (Å²) < 4.78 is 0. The zero-order valence-electron chi connectivity index (χ0n) is 12.0. The summed E-state index contributed by atoms with van der Waals surface area (Å²) in [4.78, 5) is 4.37. The van der Waals surface area contributed by atoms with E-state index in [-0.39, 0.29) is 0 Å². The van der Waals surface area contributed by atoms with Crippen LogP contribution in [0.4, 0.5) is 5.69 Å². The fourth-order valence-electron chi connectivity index (χ4n) is 2.31. The maximum absolute atomic E-state index is 9.49. The van der Waals surface area contributed by atoms with Gasteiger partial charge in [-0.05, 0) is 31.2 Å². The summed E-state index contributed by atoms with van der Waals surface area (Å²) in [5.74, 6) is 0. The van der Waals surface area contributed by atoms with Crippen molar-refractivity contribution in [3.05, 3.63) is 70.9 Å². The molecule has 0 saturated heterocycles. The Balaban J connectivity index is 1.98. The molecule has 3 aromatic rings. The Kier molecular flexibility index (Phi) is 3.95. The Labute approximate surface area is 134 Å². The van der Waals surface area contributed by atoms with Crippen LogP contribution < -0.4 is 5.32 Å². The lowest BCUT2D eigenvalue weighted by molar-refractivity contribution is 0.989. The molecule has 3 rings (SSSR count). The van der Waals surface area contributed by atoms with E-state index in [0.717, 1.165) is 16.6 Å². The van der Waals surface area contributed by atoms with Crippen molar-refractivity contribution in [2.24, 2.45) is 0 Å². The summed E-state index contributed by atoms with van der Waals surface area (Å²) in [5.41, 5.74) is 3.55. The molecule has 22 heavy (non-hydrogen) atoms. The van der Waals surface area contributed by atoms with E-state index in [1.165, 1.54) is 5.56 Å². The number of aromatic nitrogens is 1. The number of aryl methyl sites for hydroxylation is 1. The first kappa shape index (κ1) is 14.4. The lowest BCUT2D eigenvalue weighted by Gasteiger charge is -2.15. The molecule has 0 amide bonds. The highest BCUT2D eigenvalue weighted by atomic mass is 35.5. The molecule has 2 aromatic carbocycles. The molecule has 0 aliphatic rings. The molecule has 108 valence electrons. The molecule has 0 bridgehead atoms. The zero-order chi connectivity index (χ0) is 15.5. The van der Waals surface area contributed by atoms with Crippen LogP contribution in [0.2, 0.25) is 5.15 Å². The Morgan fingerprint density at radius 2 is 1.86 bits per heavy atom. The van der Waals surface area contributed by atoms with Gasteiger partial charge < -0.3 is 5.32 Å². The van der Waals surface area contributed by atoms with Crippen LogP contribution in [0.1, 0.15) is 17.2 Å². The Morgan fingerprint density at radius 3 is 2.59 bits per heavy atom. The van der Waals surface area contributed by atoms with E-state index in [1.807, 2.05) is 61.5 Å². The molecule has 0 radical (unpaired) electrons. The number of hydrogen-bond acceptors (Lipinski definition) is 3. The van der Waals surface area contributed by atoms with E-state index in [1.54, 1.807) is 0 Å². The molecule has 1 heterocycles. The number of hydrogen-bond donors (Lipinski definition) is 1. The highest BCUT2D eigenvalue weighted by molar-refractivity contribution is 6.30. The van der Waals surface area contributed by atoms with Crippen LogP contribution in [-0.2, 0) is 0 Å². The first-order valence-electron chi connectivity index (χ1n) is 6.95. The zero-order valence-corrected chi connectivity index (χ0v) is 12.8. The Morgan fingerprint density at radius 1 is 1.14 bits per heavy atom. The minimum Gasteiger partial charge on any atom is -0.366 e. The number of para-hydroxylation sites is 1. The van der Waals surface area contributed by atoms with Gasteiger partial charge in [0.05, 0.1) is 11.6 Å². The van der Waals surface area contributed by atoms with E-state index in [4.69, 9.17) is 11.6 Å². The monoisotopic (exact) mass is 307 g/mol. The number of nitriles is 1. The van der Waals surface area contributed by atoms with Gasteiger partial charge in [-0.2, -0.15) is 5.26 Å². The van der Waals surface area contributed by atoms with Crippen molar-refractivity contribution in [1.82, 2.24) is 4.98 Å². The van der Waals surface area contributed by atoms with Gasteiger partial charge in [-0.25, -0.2) is 4.98 Å². The lowest BCUT2D eigenvalue weighted by Crippen LogP contribution is -2.09. The van der Waals surface area contributed by atoms with Gasteiger partial charge in [0.2, 0.25) is 0 Å². The normalized spacial score (nSPS) is 11.9. The third-order valence-electron chi connectivity index (χ3n) is 3.51. The highest BCUT2D eigenvalue weighted by Crippen LogP contribution is 2.28. The van der Waals surface area contributed by atoms with E-state index in [2.05, 4.69) is 16.4 Å². The molecular formula is C18H14ClN3. The molecule has 1 aromatic heterocycles. The van der Waals surface area contributed by atoms with Crippen LogP contribution in [0.5, 0.6) is 0 Å². The van der Waals surface area contributed by atoms with E-state index in [9.17, 15) is 5.26 Å². The SMILES string of the molecule is Cc1ccc(NC(C#N)c2cc3ccccc3nc2Cl)cc1. The fraction of sp³-hybridized carbons (Fsp3) is 0.111. The topological polar surface area (TPSA) is 48.7 Å². The average Bonchev–Trinajstić information content (AvgIpc) is 2.54. The smallest absolute Gasteiger partial charge is 0.143 e. The minimum atomic E-state index is -0.549. The second kappa shape index (κ2) is 6.05. The second-order valence-corrected chi connectivity index (χ2v) is 5.49. The van der Waals surface area contributed by atoms with Gasteiger partial charge in [0.1, 0.15) is 11.2 Å². The largest absolute Gasteiger partial charge is 0.366 e. The first-order valence-corrected chi connectivity index (χ1v) is 7.33. The van der Waals surface area contributed by atoms with Crippen molar-refractivity contribution >= 4 is 28.2 Å². The number of halogens is 1. The third-order valence-corrected chi connectivity index (χ3v) is 3.81. The summed E-state index contributed by atoms with van der Waals surface area (Å²) in [6.07, 6.45) is 0. The second-order valence-electron chi connectivity index (χ2n) is 5.13. The maximum Gasteiger partial charge on any atom is 0.143 e. The van der Waals surface area contributed by atoms with Gasteiger partial charge >= 0.3 is 0 Å². The molecule has 4 heteroatoms. The van der Waals surface area contributed by atoms with Crippen molar-refractivity contribution in [3.8, 4) is 6.07 Å². The predicted molar refractivity (Wildman–Crippen MR) is 89.9 cm³/mol. The van der Waals surface area contributed by atoms with Crippen LogP contribution in [0.15, 0.2) is 54.6 Å². The molecule has 0 spiro atoms. The van der Waals surface area contributed by atoms with Gasteiger partial charge in [-0.1, -0.05) is 47.5 Å². The summed E-state index contributed by atoms with van der Waals surface area (Å²) >= 11 is 6.27. The minimum absolute atomic E-state index is 0.352. The van der Waals surface area contributed by atoms with E-state index >= 15 is 0 Å². The summed E-state index contributed by atoms with van der Waals surface area (Å²) in [6.45, 7) is 2.02. The van der Waals surface area contributed by atoms with Crippen molar-refractivity contribution in [3.63, 3.8) is 0 Å². The van der Waals surface area contributed by atoms with E-state index < -0.39 is 6.04 Å². The van der Waals surface area contributed by atoms with Crippen LogP contribution in [-0.4, -0.2) is 4.98 Å². The van der Waals surface area contributed by atoms with E-state index in [0.29, 0.717) is 10.7 Å². The number of anilines is 1. The van der Waals surface area contributed by atoms with Gasteiger partial charge in [-0.3, -0.25) is 0 Å². The average molecular weight is 308 g/mol. The number of nitrogens with one attached hydrogen (secondary N) is 1. The molecule has 0 fully saturated rings.